The number of nitrogens with one attached hydrogen (secondary N) is 1. The lowest BCUT2D eigenvalue weighted by Gasteiger charge is -2.14. The van der Waals surface area contributed by atoms with E-state index in [-0.39, 0.29) is 16.8 Å². The van der Waals surface area contributed by atoms with Gasteiger partial charge in [-0.25, -0.2) is 9.59 Å². The van der Waals surface area contributed by atoms with Gasteiger partial charge in [-0.1, -0.05) is 11.6 Å². The van der Waals surface area contributed by atoms with Crippen LogP contribution in [0, 0.1) is 6.92 Å². The summed E-state index contributed by atoms with van der Waals surface area (Å²) in [4.78, 5) is 22.7. The van der Waals surface area contributed by atoms with E-state index in [9.17, 15) is 19.8 Å². The normalized spacial score (nSPS) is 10.2. The lowest BCUT2D eigenvalue weighted by molar-refractivity contribution is 0.0696. The summed E-state index contributed by atoms with van der Waals surface area (Å²) in [5.74, 6) is -2.39. The van der Waals surface area contributed by atoms with E-state index in [1.165, 1.54) is 12.1 Å². The largest absolute Gasteiger partial charge is 0.478 e. The molecule has 5 nitrogen and oxygen atoms in total. The van der Waals surface area contributed by atoms with Crippen LogP contribution in [0.5, 0.6) is 0 Å². The maximum Gasteiger partial charge on any atom is 0.337 e. The fourth-order valence-electron chi connectivity index (χ4n) is 1.94. The van der Waals surface area contributed by atoms with Crippen molar-refractivity contribution in [2.45, 2.75) is 6.92 Å². The maximum atomic E-state index is 11.3. The number of carbonyl (C=O) groups is 2. The summed E-state index contributed by atoms with van der Waals surface area (Å²) < 4.78 is 0. The van der Waals surface area contributed by atoms with E-state index in [2.05, 4.69) is 5.32 Å². The van der Waals surface area contributed by atoms with Gasteiger partial charge >= 0.3 is 11.9 Å². The highest BCUT2D eigenvalue weighted by atomic mass is 35.5. The molecule has 2 rings (SSSR count). The van der Waals surface area contributed by atoms with E-state index in [4.69, 9.17) is 11.6 Å². The van der Waals surface area contributed by atoms with Crippen molar-refractivity contribution in [1.29, 1.82) is 0 Å². The Bertz CT molecular complexity index is 675. The van der Waals surface area contributed by atoms with Crippen molar-refractivity contribution in [3.8, 4) is 0 Å². The van der Waals surface area contributed by atoms with Crippen LogP contribution in [0.15, 0.2) is 36.4 Å². The Hall–Kier alpha value is -2.53. The minimum absolute atomic E-state index is 0.0444. The Morgan fingerprint density at radius 3 is 1.90 bits per heavy atom. The number of anilines is 2. The number of aryl methyl sites for hydroxylation is 1. The van der Waals surface area contributed by atoms with Gasteiger partial charge < -0.3 is 15.5 Å². The van der Waals surface area contributed by atoms with Crippen LogP contribution in [-0.4, -0.2) is 22.2 Å². The molecule has 0 fully saturated rings. The number of carboxylic acid groups (broad SMARTS) is 2. The number of halogens is 1. The van der Waals surface area contributed by atoms with Crippen LogP contribution in [0.25, 0.3) is 0 Å². The molecular weight excluding hydrogens is 294 g/mol. The Morgan fingerprint density at radius 2 is 1.48 bits per heavy atom. The van der Waals surface area contributed by atoms with E-state index in [0.29, 0.717) is 16.3 Å². The third kappa shape index (κ3) is 3.32. The van der Waals surface area contributed by atoms with Gasteiger partial charge in [-0.3, -0.25) is 0 Å². The van der Waals surface area contributed by atoms with E-state index >= 15 is 0 Å². The topological polar surface area (TPSA) is 86.6 Å². The minimum atomic E-state index is -1.20. The van der Waals surface area contributed by atoms with Crippen LogP contribution < -0.4 is 5.32 Å². The summed E-state index contributed by atoms with van der Waals surface area (Å²) in [6.07, 6.45) is 0. The van der Waals surface area contributed by atoms with E-state index < -0.39 is 11.9 Å². The molecule has 0 atom stereocenters. The number of benzene rings is 2. The average Bonchev–Trinajstić information content (AvgIpc) is 2.42. The molecule has 0 heterocycles. The van der Waals surface area contributed by atoms with Gasteiger partial charge in [0.2, 0.25) is 0 Å². The first-order valence-corrected chi connectivity index (χ1v) is 6.40. The molecule has 0 aromatic heterocycles. The van der Waals surface area contributed by atoms with Crippen molar-refractivity contribution in [2.24, 2.45) is 0 Å². The van der Waals surface area contributed by atoms with Gasteiger partial charge in [0.05, 0.1) is 16.8 Å². The standard InChI is InChI=1S/C15H12ClNO4/c1-8-6-11(14(18)19)13(12(7-8)15(20)21)17-10-4-2-9(16)3-5-10/h2-7,17H,1H3,(H,18,19)(H,20,21). The molecule has 0 saturated heterocycles. The van der Waals surface area contributed by atoms with E-state index in [0.717, 1.165) is 0 Å². The molecule has 0 aliphatic heterocycles. The first kappa shape index (κ1) is 14.9. The molecule has 0 amide bonds. The molecule has 0 radical (unpaired) electrons. The zero-order chi connectivity index (χ0) is 15.6. The highest BCUT2D eigenvalue weighted by Gasteiger charge is 2.19. The summed E-state index contributed by atoms with van der Waals surface area (Å²) in [6.45, 7) is 1.64. The van der Waals surface area contributed by atoms with Crippen LogP contribution >= 0.6 is 11.6 Å². The second-order valence-electron chi connectivity index (χ2n) is 4.48. The average molecular weight is 306 g/mol. The zero-order valence-electron chi connectivity index (χ0n) is 11.1. The smallest absolute Gasteiger partial charge is 0.337 e. The van der Waals surface area contributed by atoms with Crippen molar-refractivity contribution >= 4 is 34.9 Å². The lowest BCUT2D eigenvalue weighted by Crippen LogP contribution is -2.10. The molecule has 0 aliphatic carbocycles. The van der Waals surface area contributed by atoms with Gasteiger partial charge in [-0.15, -0.1) is 0 Å². The summed E-state index contributed by atoms with van der Waals surface area (Å²) in [6, 6.07) is 9.37. The number of carboxylic acids is 2. The third-order valence-electron chi connectivity index (χ3n) is 2.86. The van der Waals surface area contributed by atoms with Crippen LogP contribution in [0.1, 0.15) is 26.3 Å². The summed E-state index contributed by atoms with van der Waals surface area (Å²) >= 11 is 5.78. The summed E-state index contributed by atoms with van der Waals surface area (Å²) in [5.41, 5.74) is 0.965. The fraction of sp³-hybridized carbons (Fsp3) is 0.0667. The zero-order valence-corrected chi connectivity index (χ0v) is 11.8. The Balaban J connectivity index is 2.56. The van der Waals surface area contributed by atoms with Crippen molar-refractivity contribution in [3.63, 3.8) is 0 Å². The second-order valence-corrected chi connectivity index (χ2v) is 4.91. The Labute approximate surface area is 125 Å². The van der Waals surface area contributed by atoms with Gasteiger partial charge in [0.15, 0.2) is 0 Å². The van der Waals surface area contributed by atoms with Gasteiger partial charge in [-0.05, 0) is 48.9 Å². The highest BCUT2D eigenvalue weighted by molar-refractivity contribution is 6.30. The Kier molecular flexibility index (Phi) is 4.14. The molecular formula is C15H12ClNO4. The molecule has 3 N–H and O–H groups in total. The SMILES string of the molecule is Cc1cc(C(=O)O)c(Nc2ccc(Cl)cc2)c(C(=O)O)c1. The first-order chi connectivity index (χ1) is 9.88. The molecule has 0 bridgehead atoms. The van der Waals surface area contributed by atoms with Crippen LogP contribution in [0.4, 0.5) is 11.4 Å². The molecule has 2 aromatic rings. The second kappa shape index (κ2) is 5.85. The molecule has 21 heavy (non-hydrogen) atoms. The molecule has 108 valence electrons. The van der Waals surface area contributed by atoms with Gasteiger partial charge in [0, 0.05) is 10.7 Å². The van der Waals surface area contributed by atoms with Crippen molar-refractivity contribution < 1.29 is 19.8 Å². The maximum absolute atomic E-state index is 11.3. The molecule has 0 saturated carbocycles. The molecule has 2 aromatic carbocycles. The predicted molar refractivity (Wildman–Crippen MR) is 79.8 cm³/mol. The highest BCUT2D eigenvalue weighted by Crippen LogP contribution is 2.28. The van der Waals surface area contributed by atoms with Gasteiger partial charge in [0.25, 0.3) is 0 Å². The summed E-state index contributed by atoms with van der Waals surface area (Å²) in [5, 5.41) is 21.9. The monoisotopic (exact) mass is 305 g/mol. The third-order valence-corrected chi connectivity index (χ3v) is 3.11. The van der Waals surface area contributed by atoms with E-state index in [1.807, 2.05) is 0 Å². The number of rotatable bonds is 4. The lowest BCUT2D eigenvalue weighted by atomic mass is 10.0. The van der Waals surface area contributed by atoms with Gasteiger partial charge in [0.1, 0.15) is 0 Å². The van der Waals surface area contributed by atoms with Crippen LogP contribution in [0.3, 0.4) is 0 Å². The Morgan fingerprint density at radius 1 is 1.00 bits per heavy atom. The van der Waals surface area contributed by atoms with Crippen LogP contribution in [0.2, 0.25) is 5.02 Å². The quantitative estimate of drug-likeness (QED) is 0.800. The van der Waals surface area contributed by atoms with Crippen molar-refractivity contribution in [2.75, 3.05) is 5.32 Å². The first-order valence-electron chi connectivity index (χ1n) is 6.02. The molecule has 0 aliphatic rings. The minimum Gasteiger partial charge on any atom is -0.478 e. The van der Waals surface area contributed by atoms with Gasteiger partial charge in [-0.2, -0.15) is 0 Å². The number of hydrogen-bond acceptors (Lipinski definition) is 3. The predicted octanol–water partition coefficient (Wildman–Crippen LogP) is 3.79. The van der Waals surface area contributed by atoms with E-state index in [1.54, 1.807) is 31.2 Å². The summed E-state index contributed by atoms with van der Waals surface area (Å²) in [7, 11) is 0. The molecule has 0 spiro atoms. The van der Waals surface area contributed by atoms with Crippen molar-refractivity contribution in [1.82, 2.24) is 0 Å². The number of hydrogen-bond donors (Lipinski definition) is 3. The number of aromatic carboxylic acids is 2. The fourth-order valence-corrected chi connectivity index (χ4v) is 2.06. The van der Waals surface area contributed by atoms with Crippen LogP contribution in [-0.2, 0) is 0 Å². The molecule has 0 unspecified atom stereocenters. The molecule has 6 heteroatoms. The van der Waals surface area contributed by atoms with Crippen molar-refractivity contribution in [3.05, 3.63) is 58.1 Å².